The van der Waals surface area contributed by atoms with Gasteiger partial charge in [-0.25, -0.2) is 8.78 Å². The van der Waals surface area contributed by atoms with E-state index in [4.69, 9.17) is 14.2 Å². The normalized spacial score (nSPS) is 17.8. The molecule has 0 spiro atoms. The molecule has 45 heavy (non-hydrogen) atoms. The van der Waals surface area contributed by atoms with Gasteiger partial charge in [0.1, 0.15) is 11.8 Å². The maximum Gasteiger partial charge on any atom is 0.267 e. The highest BCUT2D eigenvalue weighted by molar-refractivity contribution is 5.91. The number of para-hydroxylation sites is 1. The maximum absolute atomic E-state index is 14.7. The summed E-state index contributed by atoms with van der Waals surface area (Å²) in [6.07, 6.45) is -2.81. The quantitative estimate of drug-likeness (QED) is 0.300. The van der Waals surface area contributed by atoms with Crippen LogP contribution in [0.5, 0.6) is 17.2 Å². The molecule has 1 fully saturated rings. The number of hydrogen-bond acceptors (Lipinski definition) is 7. The van der Waals surface area contributed by atoms with Crippen molar-refractivity contribution >= 4 is 17.7 Å². The van der Waals surface area contributed by atoms with Crippen molar-refractivity contribution in [3.63, 3.8) is 0 Å². The zero-order chi connectivity index (χ0) is 32.1. The molecule has 10 nitrogen and oxygen atoms in total. The Labute approximate surface area is 259 Å². The predicted octanol–water partition coefficient (Wildman–Crippen LogP) is 3.05. The summed E-state index contributed by atoms with van der Waals surface area (Å²) in [5.41, 5.74) is 2.99. The second kappa shape index (κ2) is 13.5. The fourth-order valence-electron chi connectivity index (χ4n) is 5.51. The fraction of sp³-hybridized carbons (Fsp3) is 0.364. The van der Waals surface area contributed by atoms with E-state index in [1.807, 2.05) is 32.0 Å². The van der Waals surface area contributed by atoms with E-state index < -0.39 is 61.4 Å². The largest absolute Gasteiger partial charge is 0.483 e. The number of hydrogen-bond donors (Lipinski definition) is 3. The number of nitrogens with zero attached hydrogens (tertiary/aromatic N) is 1. The zero-order valence-corrected chi connectivity index (χ0v) is 24.9. The Bertz CT molecular complexity index is 1530. The molecular weight excluding hydrogens is 588 g/mol. The first kappa shape index (κ1) is 31.7. The Hall–Kier alpha value is -4.71. The Kier molecular flexibility index (Phi) is 9.52. The minimum atomic E-state index is -3.35. The Morgan fingerprint density at radius 2 is 1.71 bits per heavy atom. The van der Waals surface area contributed by atoms with Crippen LogP contribution in [0.25, 0.3) is 0 Å². The van der Waals surface area contributed by atoms with Gasteiger partial charge in [0.05, 0.1) is 12.6 Å². The third-order valence-corrected chi connectivity index (χ3v) is 7.79. The SMILES string of the molecule is Cc1cccc(C)c1OCC(=O)NC(Cc1ccccc1)C(O)C(=O)N1CC(F)(F)CC1C(=O)NCc1ccc2c(c1)OCO2. The summed E-state index contributed by atoms with van der Waals surface area (Å²) in [6, 6.07) is 16.7. The van der Waals surface area contributed by atoms with Gasteiger partial charge in [-0.2, -0.15) is 0 Å². The van der Waals surface area contributed by atoms with E-state index >= 15 is 0 Å². The molecule has 0 aliphatic carbocycles. The van der Waals surface area contributed by atoms with Crippen LogP contribution in [0.2, 0.25) is 0 Å². The van der Waals surface area contributed by atoms with E-state index in [9.17, 15) is 28.3 Å². The van der Waals surface area contributed by atoms with Gasteiger partial charge < -0.3 is 34.9 Å². The van der Waals surface area contributed by atoms with Gasteiger partial charge in [0.2, 0.25) is 12.7 Å². The first-order valence-electron chi connectivity index (χ1n) is 14.6. The first-order chi connectivity index (χ1) is 21.5. The number of benzene rings is 3. The average molecular weight is 624 g/mol. The highest BCUT2D eigenvalue weighted by atomic mass is 19.3. The second-order valence-corrected chi connectivity index (χ2v) is 11.3. The monoisotopic (exact) mass is 623 g/mol. The number of alkyl halides is 2. The number of amides is 3. The molecule has 3 atom stereocenters. The molecule has 0 aromatic heterocycles. The summed E-state index contributed by atoms with van der Waals surface area (Å²) >= 11 is 0. The van der Waals surface area contributed by atoms with Crippen molar-refractivity contribution in [2.75, 3.05) is 19.9 Å². The van der Waals surface area contributed by atoms with Crippen molar-refractivity contribution < 1.29 is 42.5 Å². The summed E-state index contributed by atoms with van der Waals surface area (Å²) in [4.78, 5) is 40.4. The van der Waals surface area contributed by atoms with Gasteiger partial charge in [0.15, 0.2) is 24.2 Å². The number of rotatable bonds is 11. The molecule has 3 unspecified atom stereocenters. The minimum absolute atomic E-state index is 0.00478. The van der Waals surface area contributed by atoms with E-state index in [0.29, 0.717) is 33.3 Å². The zero-order valence-electron chi connectivity index (χ0n) is 24.9. The molecule has 3 aromatic rings. The van der Waals surface area contributed by atoms with Crippen molar-refractivity contribution in [2.45, 2.75) is 57.3 Å². The Balaban J connectivity index is 1.28. The lowest BCUT2D eigenvalue weighted by Gasteiger charge is -2.30. The van der Waals surface area contributed by atoms with Crippen molar-refractivity contribution in [2.24, 2.45) is 0 Å². The molecular formula is C33H35F2N3O7. The summed E-state index contributed by atoms with van der Waals surface area (Å²) in [5.74, 6) is -4.26. The lowest BCUT2D eigenvalue weighted by molar-refractivity contribution is -0.147. The number of carbonyl (C=O) groups excluding carboxylic acids is 3. The standard InChI is InChI=1S/C33H35F2N3O7/c1-20-7-6-8-21(2)30(20)43-17-28(39)37-24(13-22-9-4-3-5-10-22)29(40)32(42)38-18-33(34,35)15-25(38)31(41)36-16-23-11-12-26-27(14-23)45-19-44-26/h3-12,14,24-25,29,40H,13,15-19H2,1-2H3,(H,36,41)(H,37,39). The highest BCUT2D eigenvalue weighted by Gasteiger charge is 2.51. The van der Waals surface area contributed by atoms with Crippen LogP contribution in [0, 0.1) is 13.8 Å². The average Bonchev–Trinajstić information content (AvgIpc) is 3.62. The number of likely N-dealkylation sites (tertiary alicyclic amines) is 1. The van der Waals surface area contributed by atoms with Crippen LogP contribution in [-0.2, 0) is 27.3 Å². The van der Waals surface area contributed by atoms with Gasteiger partial charge in [-0.05, 0) is 54.7 Å². The second-order valence-electron chi connectivity index (χ2n) is 11.3. The molecule has 12 heteroatoms. The van der Waals surface area contributed by atoms with Gasteiger partial charge in [0, 0.05) is 13.0 Å². The number of aliphatic hydroxyl groups is 1. The van der Waals surface area contributed by atoms with Crippen LogP contribution in [-0.4, -0.2) is 71.8 Å². The first-order valence-corrected chi connectivity index (χ1v) is 14.6. The highest BCUT2D eigenvalue weighted by Crippen LogP contribution is 2.34. The van der Waals surface area contributed by atoms with Gasteiger partial charge >= 0.3 is 0 Å². The van der Waals surface area contributed by atoms with E-state index in [0.717, 1.165) is 11.1 Å². The third kappa shape index (κ3) is 7.69. The van der Waals surface area contributed by atoms with Crippen LogP contribution < -0.4 is 24.8 Å². The number of aliphatic hydroxyl groups excluding tert-OH is 1. The van der Waals surface area contributed by atoms with Crippen molar-refractivity contribution in [1.29, 1.82) is 0 Å². The lowest BCUT2D eigenvalue weighted by Crippen LogP contribution is -2.56. The van der Waals surface area contributed by atoms with Gasteiger partial charge in [0.25, 0.3) is 17.7 Å². The maximum atomic E-state index is 14.7. The number of ether oxygens (including phenoxy) is 3. The van der Waals surface area contributed by atoms with E-state index in [-0.39, 0.29) is 19.8 Å². The molecule has 0 saturated carbocycles. The number of halogens is 2. The molecule has 0 radical (unpaired) electrons. The Morgan fingerprint density at radius 3 is 2.44 bits per heavy atom. The summed E-state index contributed by atoms with van der Waals surface area (Å²) in [7, 11) is 0. The van der Waals surface area contributed by atoms with Crippen LogP contribution in [0.4, 0.5) is 8.78 Å². The van der Waals surface area contributed by atoms with E-state index in [2.05, 4.69) is 10.6 Å². The molecule has 3 aromatic carbocycles. The number of fused-ring (bicyclic) bond motifs is 1. The summed E-state index contributed by atoms with van der Waals surface area (Å²) in [6.45, 7) is 2.31. The van der Waals surface area contributed by atoms with Crippen LogP contribution >= 0.6 is 0 Å². The van der Waals surface area contributed by atoms with Crippen LogP contribution in [0.15, 0.2) is 66.7 Å². The van der Waals surface area contributed by atoms with E-state index in [1.165, 1.54) is 0 Å². The van der Waals surface area contributed by atoms with Gasteiger partial charge in [-0.3, -0.25) is 14.4 Å². The number of carbonyl (C=O) groups is 3. The summed E-state index contributed by atoms with van der Waals surface area (Å²) < 4.78 is 45.6. The minimum Gasteiger partial charge on any atom is -0.483 e. The molecule has 5 rings (SSSR count). The van der Waals surface area contributed by atoms with Crippen LogP contribution in [0.1, 0.15) is 28.7 Å². The number of nitrogens with one attached hydrogen (secondary N) is 2. The molecule has 238 valence electrons. The van der Waals surface area contributed by atoms with Crippen molar-refractivity contribution in [3.8, 4) is 17.2 Å². The smallest absolute Gasteiger partial charge is 0.267 e. The van der Waals surface area contributed by atoms with Gasteiger partial charge in [-0.15, -0.1) is 0 Å². The van der Waals surface area contributed by atoms with E-state index in [1.54, 1.807) is 48.5 Å². The molecule has 3 N–H and O–H groups in total. The molecule has 1 saturated heterocycles. The number of aryl methyl sites for hydroxylation is 2. The molecule has 2 aliphatic rings. The van der Waals surface area contributed by atoms with Crippen LogP contribution in [0.3, 0.4) is 0 Å². The summed E-state index contributed by atoms with van der Waals surface area (Å²) in [5, 5.41) is 16.5. The molecule has 2 aliphatic heterocycles. The van der Waals surface area contributed by atoms with Crippen molar-refractivity contribution in [1.82, 2.24) is 15.5 Å². The molecule has 3 amide bonds. The topological polar surface area (TPSA) is 126 Å². The molecule has 2 heterocycles. The lowest BCUT2D eigenvalue weighted by atomic mass is 9.99. The predicted molar refractivity (Wildman–Crippen MR) is 159 cm³/mol. The van der Waals surface area contributed by atoms with Crippen molar-refractivity contribution in [3.05, 3.63) is 89.0 Å². The molecule has 0 bridgehead atoms. The Morgan fingerprint density at radius 1 is 1.00 bits per heavy atom. The van der Waals surface area contributed by atoms with Gasteiger partial charge in [-0.1, -0.05) is 54.6 Å². The fourth-order valence-corrected chi connectivity index (χ4v) is 5.51. The third-order valence-electron chi connectivity index (χ3n) is 7.79.